The zero-order valence-corrected chi connectivity index (χ0v) is 8.58. The molecule has 0 unspecified atom stereocenters. The third-order valence-corrected chi connectivity index (χ3v) is 2.39. The molecule has 4 nitrogen and oxygen atoms in total. The van der Waals surface area contributed by atoms with Crippen molar-refractivity contribution < 1.29 is 8.78 Å². The SMILES string of the molecule is FC1(F)CCCN(c2ncnc(Cl)n2)C1. The van der Waals surface area contributed by atoms with Gasteiger partial charge in [-0.1, -0.05) is 0 Å². The fourth-order valence-corrected chi connectivity index (χ4v) is 1.68. The third-order valence-electron chi connectivity index (χ3n) is 2.21. The van der Waals surface area contributed by atoms with Crippen LogP contribution in [0.4, 0.5) is 14.7 Å². The van der Waals surface area contributed by atoms with Crippen molar-refractivity contribution in [3.05, 3.63) is 11.6 Å². The zero-order chi connectivity index (χ0) is 10.9. The van der Waals surface area contributed by atoms with Gasteiger partial charge in [-0.15, -0.1) is 0 Å². The molecule has 0 spiro atoms. The third kappa shape index (κ3) is 2.50. The van der Waals surface area contributed by atoms with Crippen molar-refractivity contribution >= 4 is 17.5 Å². The second kappa shape index (κ2) is 3.84. The molecule has 1 saturated heterocycles. The first-order valence-corrected chi connectivity index (χ1v) is 4.92. The lowest BCUT2D eigenvalue weighted by atomic mass is 10.1. The summed E-state index contributed by atoms with van der Waals surface area (Å²) in [5.74, 6) is -2.45. The average Bonchev–Trinajstić information content (AvgIpc) is 2.16. The lowest BCUT2D eigenvalue weighted by molar-refractivity contribution is -0.0120. The largest absolute Gasteiger partial charge is 0.335 e. The number of aromatic nitrogens is 3. The molecule has 82 valence electrons. The van der Waals surface area contributed by atoms with Gasteiger partial charge in [-0.25, -0.2) is 18.7 Å². The minimum Gasteiger partial charge on any atom is -0.335 e. The van der Waals surface area contributed by atoms with E-state index in [0.29, 0.717) is 13.0 Å². The van der Waals surface area contributed by atoms with Crippen molar-refractivity contribution in [3.63, 3.8) is 0 Å². The van der Waals surface area contributed by atoms with Crippen LogP contribution in [0.5, 0.6) is 0 Å². The summed E-state index contributed by atoms with van der Waals surface area (Å²) in [6.07, 6.45) is 1.57. The molecule has 15 heavy (non-hydrogen) atoms. The Hall–Kier alpha value is -1.04. The molecular formula is C8H9ClF2N4. The summed E-state index contributed by atoms with van der Waals surface area (Å²) >= 11 is 5.56. The molecule has 1 aromatic heterocycles. The first kappa shape index (κ1) is 10.5. The van der Waals surface area contributed by atoms with Crippen LogP contribution in [0, 0.1) is 0 Å². The predicted octanol–water partition coefficient (Wildman–Crippen LogP) is 1.76. The molecule has 0 aliphatic carbocycles. The Balaban J connectivity index is 2.17. The van der Waals surface area contributed by atoms with Crippen molar-refractivity contribution in [1.82, 2.24) is 15.0 Å². The maximum atomic E-state index is 13.1. The second-order valence-corrected chi connectivity index (χ2v) is 3.77. The summed E-state index contributed by atoms with van der Waals surface area (Å²) < 4.78 is 26.2. The molecule has 0 N–H and O–H groups in total. The van der Waals surface area contributed by atoms with Crippen LogP contribution < -0.4 is 4.90 Å². The van der Waals surface area contributed by atoms with E-state index in [-0.39, 0.29) is 24.2 Å². The van der Waals surface area contributed by atoms with Crippen LogP contribution in [0.2, 0.25) is 5.28 Å². The number of piperidine rings is 1. The molecule has 1 aliphatic rings. The lowest BCUT2D eigenvalue weighted by Gasteiger charge is -2.32. The molecule has 2 rings (SSSR count). The zero-order valence-electron chi connectivity index (χ0n) is 7.83. The van der Waals surface area contributed by atoms with Crippen LogP contribution in [-0.2, 0) is 0 Å². The summed E-state index contributed by atoms with van der Waals surface area (Å²) in [5, 5.41) is 0.0221. The molecule has 1 aliphatic heterocycles. The predicted molar refractivity (Wildman–Crippen MR) is 51.2 cm³/mol. The minimum atomic E-state index is -2.67. The van der Waals surface area contributed by atoms with Crippen molar-refractivity contribution in [3.8, 4) is 0 Å². The summed E-state index contributed by atoms with van der Waals surface area (Å²) in [6.45, 7) is 0.170. The molecule has 0 bridgehead atoms. The second-order valence-electron chi connectivity index (χ2n) is 3.44. The van der Waals surface area contributed by atoms with Crippen molar-refractivity contribution in [1.29, 1.82) is 0 Å². The molecule has 1 fully saturated rings. The Kier molecular flexibility index (Phi) is 2.68. The fraction of sp³-hybridized carbons (Fsp3) is 0.625. The number of alkyl halides is 2. The van der Waals surface area contributed by atoms with E-state index in [9.17, 15) is 8.78 Å². The van der Waals surface area contributed by atoms with E-state index in [1.807, 2.05) is 0 Å². The Morgan fingerprint density at radius 3 is 2.87 bits per heavy atom. The Morgan fingerprint density at radius 1 is 1.40 bits per heavy atom. The van der Waals surface area contributed by atoms with Gasteiger partial charge in [0.25, 0.3) is 5.92 Å². The van der Waals surface area contributed by atoms with Crippen LogP contribution in [0.15, 0.2) is 6.33 Å². The van der Waals surface area contributed by atoms with E-state index in [0.717, 1.165) is 0 Å². The highest BCUT2D eigenvalue weighted by Gasteiger charge is 2.36. The number of hydrogen-bond donors (Lipinski definition) is 0. The maximum Gasteiger partial charge on any atom is 0.265 e. The Labute approximate surface area is 90.3 Å². The van der Waals surface area contributed by atoms with E-state index in [1.54, 1.807) is 0 Å². The van der Waals surface area contributed by atoms with Gasteiger partial charge in [-0.2, -0.15) is 4.98 Å². The molecule has 0 radical (unpaired) electrons. The number of anilines is 1. The minimum absolute atomic E-state index is 0.0221. The first-order valence-electron chi connectivity index (χ1n) is 4.54. The summed E-state index contributed by atoms with van der Waals surface area (Å²) in [5.41, 5.74) is 0. The number of nitrogens with zero attached hydrogens (tertiary/aromatic N) is 4. The highest BCUT2D eigenvalue weighted by molar-refractivity contribution is 6.28. The average molecular weight is 235 g/mol. The van der Waals surface area contributed by atoms with E-state index >= 15 is 0 Å². The Morgan fingerprint density at radius 2 is 2.20 bits per heavy atom. The lowest BCUT2D eigenvalue weighted by Crippen LogP contribution is -2.43. The van der Waals surface area contributed by atoms with Gasteiger partial charge in [0.2, 0.25) is 11.2 Å². The maximum absolute atomic E-state index is 13.1. The van der Waals surface area contributed by atoms with E-state index in [2.05, 4.69) is 15.0 Å². The van der Waals surface area contributed by atoms with Gasteiger partial charge in [0.05, 0.1) is 6.54 Å². The molecule has 7 heteroatoms. The van der Waals surface area contributed by atoms with Gasteiger partial charge in [0.1, 0.15) is 6.33 Å². The quantitative estimate of drug-likeness (QED) is 0.743. The van der Waals surface area contributed by atoms with Crippen LogP contribution in [0.25, 0.3) is 0 Å². The van der Waals surface area contributed by atoms with Gasteiger partial charge >= 0.3 is 0 Å². The fourth-order valence-electron chi connectivity index (χ4n) is 1.56. The molecule has 0 saturated carbocycles. The smallest absolute Gasteiger partial charge is 0.265 e. The monoisotopic (exact) mass is 234 g/mol. The van der Waals surface area contributed by atoms with Crippen molar-refractivity contribution in [2.45, 2.75) is 18.8 Å². The summed E-state index contributed by atoms with van der Waals surface area (Å²) in [4.78, 5) is 12.6. The van der Waals surface area contributed by atoms with Crippen LogP contribution in [-0.4, -0.2) is 34.0 Å². The van der Waals surface area contributed by atoms with Gasteiger partial charge in [0, 0.05) is 13.0 Å². The van der Waals surface area contributed by atoms with Gasteiger partial charge in [0.15, 0.2) is 0 Å². The molecule has 1 aromatic rings. The summed E-state index contributed by atoms with van der Waals surface area (Å²) in [7, 11) is 0. The Bertz CT molecular complexity index is 360. The van der Waals surface area contributed by atoms with Gasteiger partial charge in [-0.3, -0.25) is 0 Å². The number of hydrogen-bond acceptors (Lipinski definition) is 4. The van der Waals surface area contributed by atoms with Gasteiger partial charge in [-0.05, 0) is 18.0 Å². The first-order chi connectivity index (χ1) is 7.07. The van der Waals surface area contributed by atoms with E-state index < -0.39 is 5.92 Å². The van der Waals surface area contributed by atoms with Crippen LogP contribution >= 0.6 is 11.6 Å². The molecule has 2 heterocycles. The van der Waals surface area contributed by atoms with Crippen LogP contribution in [0.1, 0.15) is 12.8 Å². The summed E-state index contributed by atoms with van der Waals surface area (Å²) in [6, 6.07) is 0. The topological polar surface area (TPSA) is 41.9 Å². The van der Waals surface area contributed by atoms with E-state index in [1.165, 1.54) is 11.2 Å². The highest BCUT2D eigenvalue weighted by Crippen LogP contribution is 2.28. The normalized spacial score (nSPS) is 20.3. The molecular weight excluding hydrogens is 226 g/mol. The van der Waals surface area contributed by atoms with E-state index in [4.69, 9.17) is 11.6 Å². The highest BCUT2D eigenvalue weighted by atomic mass is 35.5. The standard InChI is InChI=1S/C8H9ClF2N4/c9-6-12-5-13-7(14-6)15-3-1-2-8(10,11)4-15/h5H,1-4H2. The molecule has 0 atom stereocenters. The molecule has 0 amide bonds. The number of rotatable bonds is 1. The van der Waals surface area contributed by atoms with Crippen molar-refractivity contribution in [2.24, 2.45) is 0 Å². The number of halogens is 3. The molecule has 0 aromatic carbocycles. The van der Waals surface area contributed by atoms with Crippen LogP contribution in [0.3, 0.4) is 0 Å². The van der Waals surface area contributed by atoms with Gasteiger partial charge < -0.3 is 4.90 Å². The van der Waals surface area contributed by atoms with Crippen molar-refractivity contribution in [2.75, 3.05) is 18.0 Å².